The van der Waals surface area contributed by atoms with Gasteiger partial charge in [-0.25, -0.2) is 19.7 Å². The number of carbonyl (C=O) groups is 1. The number of aromatic carboxylic acids is 1. The molecule has 0 radical (unpaired) electrons. The van der Waals surface area contributed by atoms with Gasteiger partial charge in [0.25, 0.3) is 0 Å². The van der Waals surface area contributed by atoms with Crippen molar-refractivity contribution in [2.24, 2.45) is 0 Å². The molecule has 3 heterocycles. The zero-order valence-electron chi connectivity index (χ0n) is 18.7. The van der Waals surface area contributed by atoms with Crippen LogP contribution in [0.25, 0.3) is 11.0 Å². The Morgan fingerprint density at radius 2 is 2.06 bits per heavy atom. The smallest absolute Gasteiger partial charge is 0.356 e. The van der Waals surface area contributed by atoms with E-state index >= 15 is 0 Å². The van der Waals surface area contributed by atoms with Gasteiger partial charge in [-0.1, -0.05) is 17.7 Å². The van der Waals surface area contributed by atoms with E-state index in [9.17, 15) is 15.2 Å². The Balaban J connectivity index is 1.77. The van der Waals surface area contributed by atoms with Gasteiger partial charge in [0, 0.05) is 12.7 Å². The average molecular weight is 467 g/mol. The fraction of sp³-hybridized carbons (Fsp3) is 0.348. The molecule has 2 aromatic heterocycles. The lowest BCUT2D eigenvalue weighted by molar-refractivity contribution is -0.0171. The highest BCUT2D eigenvalue weighted by atomic mass is 35.5. The molecule has 0 amide bonds. The molecule has 1 unspecified atom stereocenters. The lowest BCUT2D eigenvalue weighted by atomic mass is 9.96. The number of aryl methyl sites for hydroxylation is 1. The first kappa shape index (κ1) is 22.7. The summed E-state index contributed by atoms with van der Waals surface area (Å²) in [6.45, 7) is 7.05. The van der Waals surface area contributed by atoms with Crippen molar-refractivity contribution in [3.8, 4) is 6.07 Å². The molecule has 33 heavy (non-hydrogen) atoms. The summed E-state index contributed by atoms with van der Waals surface area (Å²) >= 11 is 5.88. The standard InChI is InChI=1S/C23H23ClN6O3/c1-12-7-14(13(2)26-15-5-6-18(24)28-20(15)22(31)32)19-16(8-12)27-17(9-25)21(29-19)30-10-23(3,11-30)33-4/h5-8,13,26H,10-11H2,1-4H3,(H,31,32). The number of aromatic nitrogens is 3. The summed E-state index contributed by atoms with van der Waals surface area (Å²) in [6.07, 6.45) is 0. The van der Waals surface area contributed by atoms with Crippen molar-refractivity contribution in [3.05, 3.63) is 51.9 Å². The highest BCUT2D eigenvalue weighted by molar-refractivity contribution is 6.29. The number of nitriles is 1. The highest BCUT2D eigenvalue weighted by Crippen LogP contribution is 2.34. The highest BCUT2D eigenvalue weighted by Gasteiger charge is 2.41. The summed E-state index contributed by atoms with van der Waals surface area (Å²) in [7, 11) is 1.67. The second kappa shape index (κ2) is 8.46. The zero-order valence-corrected chi connectivity index (χ0v) is 19.4. The van der Waals surface area contributed by atoms with Crippen LogP contribution in [-0.4, -0.2) is 51.8 Å². The van der Waals surface area contributed by atoms with Gasteiger partial charge in [0.15, 0.2) is 17.2 Å². The molecule has 0 aliphatic carbocycles. The lowest BCUT2D eigenvalue weighted by Gasteiger charge is -2.47. The van der Waals surface area contributed by atoms with Crippen LogP contribution in [0.3, 0.4) is 0 Å². The van der Waals surface area contributed by atoms with E-state index in [0.717, 1.165) is 11.1 Å². The number of rotatable bonds is 6. The summed E-state index contributed by atoms with van der Waals surface area (Å²) in [6, 6.07) is 8.80. The molecule has 1 saturated heterocycles. The number of halogens is 1. The molecule has 1 atom stereocenters. The van der Waals surface area contributed by atoms with Gasteiger partial charge in [0.05, 0.1) is 41.5 Å². The monoisotopic (exact) mass is 466 g/mol. The summed E-state index contributed by atoms with van der Waals surface area (Å²) in [4.78, 5) is 26.9. The van der Waals surface area contributed by atoms with Gasteiger partial charge >= 0.3 is 5.97 Å². The van der Waals surface area contributed by atoms with Crippen LogP contribution >= 0.6 is 11.6 Å². The Hall–Kier alpha value is -3.48. The average Bonchev–Trinajstić information content (AvgIpc) is 2.76. The largest absolute Gasteiger partial charge is 0.476 e. The fourth-order valence-electron chi connectivity index (χ4n) is 4.01. The van der Waals surface area contributed by atoms with Gasteiger partial charge in [-0.15, -0.1) is 0 Å². The van der Waals surface area contributed by atoms with Gasteiger partial charge in [-0.3, -0.25) is 0 Å². The van der Waals surface area contributed by atoms with E-state index in [1.165, 1.54) is 6.07 Å². The molecule has 1 aromatic carbocycles. The Bertz CT molecular complexity index is 1300. The van der Waals surface area contributed by atoms with Crippen LogP contribution in [0.1, 0.15) is 47.2 Å². The minimum absolute atomic E-state index is 0.101. The molecule has 0 saturated carbocycles. The summed E-state index contributed by atoms with van der Waals surface area (Å²) in [5.74, 6) is -0.669. The number of fused-ring (bicyclic) bond motifs is 1. The van der Waals surface area contributed by atoms with E-state index in [-0.39, 0.29) is 28.2 Å². The molecule has 0 bridgehead atoms. The van der Waals surface area contributed by atoms with Crippen molar-refractivity contribution in [1.82, 2.24) is 15.0 Å². The van der Waals surface area contributed by atoms with Gasteiger partial charge in [0.2, 0.25) is 0 Å². The molecule has 4 rings (SSSR count). The predicted octanol–water partition coefficient (Wildman–Crippen LogP) is 3.95. The topological polar surface area (TPSA) is 124 Å². The number of methoxy groups -OCH3 is 1. The van der Waals surface area contributed by atoms with Crippen LogP contribution < -0.4 is 10.2 Å². The molecule has 9 nitrogen and oxygen atoms in total. The maximum atomic E-state index is 11.6. The van der Waals surface area contributed by atoms with Crippen LogP contribution in [0, 0.1) is 18.3 Å². The maximum Gasteiger partial charge on any atom is 0.356 e. The Morgan fingerprint density at radius 1 is 1.33 bits per heavy atom. The van der Waals surface area contributed by atoms with E-state index in [4.69, 9.17) is 21.3 Å². The predicted molar refractivity (Wildman–Crippen MR) is 125 cm³/mol. The van der Waals surface area contributed by atoms with Crippen molar-refractivity contribution in [2.75, 3.05) is 30.4 Å². The number of nitrogens with one attached hydrogen (secondary N) is 1. The van der Waals surface area contributed by atoms with Crippen molar-refractivity contribution < 1.29 is 14.6 Å². The first-order valence-electron chi connectivity index (χ1n) is 10.3. The Kier molecular flexibility index (Phi) is 5.82. The van der Waals surface area contributed by atoms with Crippen LogP contribution in [0.15, 0.2) is 24.3 Å². The second-order valence-electron chi connectivity index (χ2n) is 8.44. The molecule has 0 spiro atoms. The summed E-state index contributed by atoms with van der Waals surface area (Å²) < 4.78 is 5.52. The van der Waals surface area contributed by atoms with Crippen molar-refractivity contribution in [2.45, 2.75) is 32.4 Å². The van der Waals surface area contributed by atoms with Gasteiger partial charge in [-0.05, 0) is 44.5 Å². The number of nitrogens with zero attached hydrogens (tertiary/aromatic N) is 5. The number of anilines is 2. The minimum atomic E-state index is -1.18. The molecule has 1 aliphatic heterocycles. The molecule has 3 aromatic rings. The quantitative estimate of drug-likeness (QED) is 0.519. The normalized spacial score (nSPS) is 15.6. The zero-order chi connectivity index (χ0) is 23.9. The number of benzene rings is 1. The molecule has 10 heteroatoms. The SMILES string of the molecule is COC1(C)CN(c2nc3c(C(C)Nc4ccc(Cl)nc4C(=O)O)cc(C)cc3nc2C#N)C1. The van der Waals surface area contributed by atoms with Crippen molar-refractivity contribution in [1.29, 1.82) is 5.26 Å². The van der Waals surface area contributed by atoms with Gasteiger partial charge < -0.3 is 20.1 Å². The van der Waals surface area contributed by atoms with E-state index in [1.807, 2.05) is 37.8 Å². The number of carboxylic acid groups (broad SMARTS) is 1. The van der Waals surface area contributed by atoms with Crippen LogP contribution in [0.5, 0.6) is 0 Å². The third-order valence-electron chi connectivity index (χ3n) is 5.78. The molecule has 2 N–H and O–H groups in total. The Morgan fingerprint density at radius 3 is 2.70 bits per heavy atom. The Labute approximate surface area is 196 Å². The fourth-order valence-corrected chi connectivity index (χ4v) is 4.16. The molecular weight excluding hydrogens is 444 g/mol. The van der Waals surface area contributed by atoms with Crippen LogP contribution in [0.4, 0.5) is 11.5 Å². The van der Waals surface area contributed by atoms with E-state index in [1.54, 1.807) is 13.2 Å². The van der Waals surface area contributed by atoms with Gasteiger partial charge in [0.1, 0.15) is 11.2 Å². The third-order valence-corrected chi connectivity index (χ3v) is 5.99. The number of hydrogen-bond acceptors (Lipinski definition) is 8. The molecule has 1 fully saturated rings. The van der Waals surface area contributed by atoms with Crippen LogP contribution in [-0.2, 0) is 4.74 Å². The summed E-state index contributed by atoms with van der Waals surface area (Å²) in [5, 5.41) is 22.5. The van der Waals surface area contributed by atoms with Gasteiger partial charge in [-0.2, -0.15) is 5.26 Å². The van der Waals surface area contributed by atoms with E-state index in [0.29, 0.717) is 35.6 Å². The summed E-state index contributed by atoms with van der Waals surface area (Å²) in [5.41, 5.74) is 3.15. The first-order chi connectivity index (χ1) is 15.6. The van der Waals surface area contributed by atoms with E-state index < -0.39 is 5.97 Å². The van der Waals surface area contributed by atoms with Crippen molar-refractivity contribution in [3.63, 3.8) is 0 Å². The third kappa shape index (κ3) is 4.27. The molecule has 1 aliphatic rings. The number of ether oxygens (including phenoxy) is 1. The molecule has 170 valence electrons. The van der Waals surface area contributed by atoms with Crippen LogP contribution in [0.2, 0.25) is 5.15 Å². The van der Waals surface area contributed by atoms with E-state index in [2.05, 4.69) is 21.4 Å². The molecular formula is C23H23ClN6O3. The minimum Gasteiger partial charge on any atom is -0.476 e. The second-order valence-corrected chi connectivity index (χ2v) is 8.83. The maximum absolute atomic E-state index is 11.6. The lowest BCUT2D eigenvalue weighted by Crippen LogP contribution is -2.61. The number of pyridine rings is 1. The van der Waals surface area contributed by atoms with Crippen molar-refractivity contribution >= 4 is 40.1 Å². The number of hydrogen-bond donors (Lipinski definition) is 2. The first-order valence-corrected chi connectivity index (χ1v) is 10.7. The number of carboxylic acids is 1.